The third-order valence-electron chi connectivity index (χ3n) is 3.31. The minimum atomic E-state index is -0.558. The molecule has 0 saturated heterocycles. The van der Waals surface area contributed by atoms with Gasteiger partial charge in [0.25, 0.3) is 5.56 Å². The predicted octanol–water partition coefficient (Wildman–Crippen LogP) is 3.42. The van der Waals surface area contributed by atoms with Crippen molar-refractivity contribution in [3.8, 4) is 17.4 Å². The summed E-state index contributed by atoms with van der Waals surface area (Å²) in [5, 5.41) is 27.1. The molecule has 130 valence electrons. The SMILES string of the molecule is O=C(Oc1ccc(N=Nc2ccc(=O)[nH]c2O)c(O)c1)c1ccccc1. The van der Waals surface area contributed by atoms with E-state index in [-0.39, 0.29) is 22.9 Å². The van der Waals surface area contributed by atoms with Gasteiger partial charge in [-0.2, -0.15) is 0 Å². The molecule has 0 bridgehead atoms. The minimum absolute atomic E-state index is 0.0311. The molecular weight excluding hydrogens is 338 g/mol. The number of aromatic nitrogens is 1. The zero-order valence-corrected chi connectivity index (χ0v) is 13.3. The highest BCUT2D eigenvalue weighted by atomic mass is 16.5. The molecule has 0 amide bonds. The maximum atomic E-state index is 12.0. The number of aromatic hydroxyl groups is 2. The second-order valence-corrected chi connectivity index (χ2v) is 5.16. The van der Waals surface area contributed by atoms with Crippen molar-refractivity contribution in [2.75, 3.05) is 0 Å². The van der Waals surface area contributed by atoms with Crippen LogP contribution in [0.1, 0.15) is 10.4 Å². The number of nitrogens with one attached hydrogen (secondary N) is 1. The van der Waals surface area contributed by atoms with Gasteiger partial charge in [-0.05, 0) is 30.3 Å². The smallest absolute Gasteiger partial charge is 0.343 e. The number of aromatic amines is 1. The molecule has 1 heterocycles. The maximum absolute atomic E-state index is 12.0. The van der Waals surface area contributed by atoms with E-state index in [4.69, 9.17) is 4.74 Å². The Kier molecular flexibility index (Phi) is 4.75. The molecule has 0 aliphatic rings. The van der Waals surface area contributed by atoms with Crippen LogP contribution in [0.4, 0.5) is 11.4 Å². The van der Waals surface area contributed by atoms with Crippen LogP contribution in [0.3, 0.4) is 0 Å². The molecule has 0 atom stereocenters. The number of benzene rings is 2. The normalized spacial score (nSPS) is 10.8. The van der Waals surface area contributed by atoms with E-state index in [1.54, 1.807) is 30.3 Å². The van der Waals surface area contributed by atoms with E-state index in [1.807, 2.05) is 0 Å². The standard InChI is InChI=1S/C18H13N3O5/c22-15-10-12(26-18(25)11-4-2-1-3-5-11)6-7-13(15)20-21-14-8-9-16(23)19-17(14)24/h1-10,22H,(H2,19,23,24). The van der Waals surface area contributed by atoms with Crippen LogP contribution in [0, 0.1) is 0 Å². The quantitative estimate of drug-likeness (QED) is 0.377. The number of carbonyl (C=O) groups is 1. The van der Waals surface area contributed by atoms with Gasteiger partial charge in [-0.15, -0.1) is 10.2 Å². The van der Waals surface area contributed by atoms with Crippen molar-refractivity contribution < 1.29 is 19.7 Å². The molecule has 0 radical (unpaired) electrons. The Morgan fingerprint density at radius 2 is 1.62 bits per heavy atom. The van der Waals surface area contributed by atoms with Crippen LogP contribution in [-0.2, 0) is 0 Å². The van der Waals surface area contributed by atoms with Crippen molar-refractivity contribution in [3.05, 3.63) is 76.6 Å². The van der Waals surface area contributed by atoms with Crippen LogP contribution in [-0.4, -0.2) is 21.2 Å². The summed E-state index contributed by atoms with van der Waals surface area (Å²) in [5.74, 6) is -1.12. The lowest BCUT2D eigenvalue weighted by atomic mass is 10.2. The van der Waals surface area contributed by atoms with Gasteiger partial charge in [0.15, 0.2) is 0 Å². The van der Waals surface area contributed by atoms with Crippen LogP contribution in [0.5, 0.6) is 17.4 Å². The molecule has 8 heteroatoms. The lowest BCUT2D eigenvalue weighted by Gasteiger charge is -2.05. The van der Waals surface area contributed by atoms with Crippen LogP contribution in [0.2, 0.25) is 0 Å². The summed E-state index contributed by atoms with van der Waals surface area (Å²) in [5.41, 5.74) is 0.0249. The van der Waals surface area contributed by atoms with Crippen molar-refractivity contribution in [2.24, 2.45) is 10.2 Å². The molecule has 0 spiro atoms. The average molecular weight is 351 g/mol. The number of pyridine rings is 1. The van der Waals surface area contributed by atoms with E-state index in [0.29, 0.717) is 5.56 Å². The van der Waals surface area contributed by atoms with Gasteiger partial charge in [-0.1, -0.05) is 18.2 Å². The average Bonchev–Trinajstić information content (AvgIpc) is 2.63. The van der Waals surface area contributed by atoms with Crippen molar-refractivity contribution in [1.29, 1.82) is 0 Å². The molecule has 3 aromatic rings. The van der Waals surface area contributed by atoms with Crippen molar-refractivity contribution in [3.63, 3.8) is 0 Å². The lowest BCUT2D eigenvalue weighted by molar-refractivity contribution is 0.0734. The minimum Gasteiger partial charge on any atom is -0.505 e. The number of nitrogens with zero attached hydrogens (tertiary/aromatic N) is 2. The molecule has 3 N–H and O–H groups in total. The van der Waals surface area contributed by atoms with E-state index >= 15 is 0 Å². The number of esters is 1. The summed E-state index contributed by atoms with van der Waals surface area (Å²) in [4.78, 5) is 25.2. The fourth-order valence-corrected chi connectivity index (χ4v) is 2.04. The predicted molar refractivity (Wildman–Crippen MR) is 92.4 cm³/mol. The first-order chi connectivity index (χ1) is 12.5. The molecule has 26 heavy (non-hydrogen) atoms. The number of rotatable bonds is 4. The topological polar surface area (TPSA) is 124 Å². The second-order valence-electron chi connectivity index (χ2n) is 5.16. The second kappa shape index (κ2) is 7.31. The molecule has 8 nitrogen and oxygen atoms in total. The molecule has 0 aliphatic heterocycles. The molecule has 0 aliphatic carbocycles. The van der Waals surface area contributed by atoms with E-state index in [1.165, 1.54) is 30.3 Å². The highest BCUT2D eigenvalue weighted by Crippen LogP contribution is 2.33. The lowest BCUT2D eigenvalue weighted by Crippen LogP contribution is -2.07. The van der Waals surface area contributed by atoms with E-state index in [2.05, 4.69) is 15.2 Å². The van der Waals surface area contributed by atoms with Gasteiger partial charge in [0.2, 0.25) is 5.88 Å². The molecule has 0 saturated carbocycles. The Hall–Kier alpha value is -3.94. The Bertz CT molecular complexity index is 1030. The zero-order valence-electron chi connectivity index (χ0n) is 13.3. The molecule has 0 fully saturated rings. The summed E-state index contributed by atoms with van der Waals surface area (Å²) in [6, 6.07) is 15.0. The molecule has 1 aromatic heterocycles. The van der Waals surface area contributed by atoms with Gasteiger partial charge in [0, 0.05) is 12.1 Å². The highest BCUT2D eigenvalue weighted by Gasteiger charge is 2.10. The Morgan fingerprint density at radius 3 is 2.31 bits per heavy atom. The van der Waals surface area contributed by atoms with Gasteiger partial charge >= 0.3 is 5.97 Å². The maximum Gasteiger partial charge on any atom is 0.343 e. The third-order valence-corrected chi connectivity index (χ3v) is 3.31. The summed E-state index contributed by atoms with van der Waals surface area (Å²) >= 11 is 0. The van der Waals surface area contributed by atoms with Crippen LogP contribution in [0.25, 0.3) is 0 Å². The van der Waals surface area contributed by atoms with Gasteiger partial charge in [0.1, 0.15) is 22.9 Å². The molecular formula is C18H13N3O5. The van der Waals surface area contributed by atoms with E-state index in [9.17, 15) is 19.8 Å². The Labute approximate surface area is 147 Å². The first kappa shape index (κ1) is 16.9. The Balaban J connectivity index is 1.76. The number of hydrogen-bond donors (Lipinski definition) is 3. The van der Waals surface area contributed by atoms with Crippen LogP contribution in [0.15, 0.2) is 75.7 Å². The number of hydrogen-bond acceptors (Lipinski definition) is 7. The summed E-state index contributed by atoms with van der Waals surface area (Å²) < 4.78 is 5.18. The van der Waals surface area contributed by atoms with Crippen LogP contribution >= 0.6 is 0 Å². The fourth-order valence-electron chi connectivity index (χ4n) is 2.04. The first-order valence-corrected chi connectivity index (χ1v) is 7.47. The van der Waals surface area contributed by atoms with E-state index < -0.39 is 17.4 Å². The van der Waals surface area contributed by atoms with Gasteiger partial charge < -0.3 is 14.9 Å². The van der Waals surface area contributed by atoms with Gasteiger partial charge in [0.05, 0.1) is 5.56 Å². The van der Waals surface area contributed by atoms with Crippen molar-refractivity contribution >= 4 is 17.3 Å². The van der Waals surface area contributed by atoms with Gasteiger partial charge in [-0.25, -0.2) is 4.79 Å². The van der Waals surface area contributed by atoms with Crippen LogP contribution < -0.4 is 10.3 Å². The van der Waals surface area contributed by atoms with Crippen molar-refractivity contribution in [2.45, 2.75) is 0 Å². The third kappa shape index (κ3) is 3.93. The molecule has 0 unspecified atom stereocenters. The number of phenols is 1. The summed E-state index contributed by atoms with van der Waals surface area (Å²) in [6.07, 6.45) is 0. The largest absolute Gasteiger partial charge is 0.505 e. The van der Waals surface area contributed by atoms with Crippen molar-refractivity contribution in [1.82, 2.24) is 4.98 Å². The van der Waals surface area contributed by atoms with Gasteiger partial charge in [-0.3, -0.25) is 9.78 Å². The Morgan fingerprint density at radius 1 is 0.923 bits per heavy atom. The number of H-pyrrole nitrogens is 1. The monoisotopic (exact) mass is 351 g/mol. The molecule has 2 aromatic carbocycles. The molecule has 3 rings (SSSR count). The number of azo groups is 1. The first-order valence-electron chi connectivity index (χ1n) is 7.47. The summed E-state index contributed by atoms with van der Waals surface area (Å²) in [7, 11) is 0. The number of carbonyl (C=O) groups excluding carboxylic acids is 1. The fraction of sp³-hybridized carbons (Fsp3) is 0. The number of ether oxygens (including phenoxy) is 1. The zero-order chi connectivity index (χ0) is 18.5. The van der Waals surface area contributed by atoms with E-state index in [0.717, 1.165) is 0 Å². The highest BCUT2D eigenvalue weighted by molar-refractivity contribution is 5.91. The summed E-state index contributed by atoms with van der Waals surface area (Å²) in [6.45, 7) is 0. The number of phenolic OH excluding ortho intramolecular Hbond substituents is 1.